The number of rotatable bonds is 4. The van der Waals surface area contributed by atoms with Crippen molar-refractivity contribution in [3.05, 3.63) is 0 Å². The monoisotopic (exact) mass is 144 g/mol. The second-order valence-corrected chi connectivity index (χ2v) is 2.07. The van der Waals surface area contributed by atoms with Crippen LogP contribution in [0.3, 0.4) is 0 Å². The normalized spacial score (nSPS) is 12.2. The third-order valence-electron chi connectivity index (χ3n) is 1.04. The number of ether oxygens (including phenoxy) is 1. The van der Waals surface area contributed by atoms with Crippen molar-refractivity contribution in [1.29, 1.82) is 0 Å². The molecule has 10 heavy (non-hydrogen) atoms. The van der Waals surface area contributed by atoms with Gasteiger partial charge in [0.05, 0.1) is 0 Å². The third-order valence-corrected chi connectivity index (χ3v) is 1.04. The fraction of sp³-hybridized carbons (Fsp3) is 0.714. The van der Waals surface area contributed by atoms with Gasteiger partial charge in [0.1, 0.15) is 0 Å². The zero-order chi connectivity index (χ0) is 7.98. The maximum absolute atomic E-state index is 10.3. The van der Waals surface area contributed by atoms with Crippen LogP contribution in [0.25, 0.3) is 0 Å². The van der Waals surface area contributed by atoms with Crippen molar-refractivity contribution in [2.75, 3.05) is 0 Å². The van der Waals surface area contributed by atoms with Crippen LogP contribution in [0.15, 0.2) is 0 Å². The summed E-state index contributed by atoms with van der Waals surface area (Å²) in [5, 5.41) is 0. The minimum Gasteiger partial charge on any atom is -0.455 e. The molecule has 0 spiro atoms. The van der Waals surface area contributed by atoms with Crippen LogP contribution in [0, 0.1) is 0 Å². The van der Waals surface area contributed by atoms with Crippen molar-refractivity contribution in [3.63, 3.8) is 0 Å². The minimum atomic E-state index is -0.539. The summed E-state index contributed by atoms with van der Waals surface area (Å²) < 4.78 is 4.63. The van der Waals surface area contributed by atoms with Gasteiger partial charge in [0.2, 0.25) is 0 Å². The third kappa shape index (κ3) is 4.06. The van der Waals surface area contributed by atoms with Crippen molar-refractivity contribution in [2.24, 2.45) is 0 Å². The molecule has 0 bridgehead atoms. The van der Waals surface area contributed by atoms with Crippen LogP contribution in [0.5, 0.6) is 0 Å². The summed E-state index contributed by atoms with van der Waals surface area (Å²) in [6.07, 6.45) is 1.58. The molecule has 3 nitrogen and oxygen atoms in total. The molecule has 1 atom stereocenters. The molecule has 0 aliphatic carbocycles. The lowest BCUT2D eigenvalue weighted by Gasteiger charge is -2.07. The molecule has 0 aromatic carbocycles. The quantitative estimate of drug-likeness (QED) is 0.435. The predicted molar refractivity (Wildman–Crippen MR) is 36.5 cm³/mol. The van der Waals surface area contributed by atoms with E-state index in [4.69, 9.17) is 0 Å². The summed E-state index contributed by atoms with van der Waals surface area (Å²) in [4.78, 5) is 20.5. The summed E-state index contributed by atoms with van der Waals surface area (Å²) in [6.45, 7) is 3.23. The molecule has 0 saturated carbocycles. The highest BCUT2D eigenvalue weighted by molar-refractivity contribution is 5.69. The Hall–Kier alpha value is -0.860. The Bertz CT molecular complexity index is 120. The first kappa shape index (κ1) is 9.14. The molecule has 3 heteroatoms. The number of hydrogen-bond donors (Lipinski definition) is 0. The van der Waals surface area contributed by atoms with Crippen molar-refractivity contribution in [1.82, 2.24) is 0 Å². The van der Waals surface area contributed by atoms with Crippen molar-refractivity contribution >= 4 is 12.3 Å². The Morgan fingerprint density at radius 1 is 1.70 bits per heavy atom. The van der Waals surface area contributed by atoms with Gasteiger partial charge < -0.3 is 4.74 Å². The van der Waals surface area contributed by atoms with Gasteiger partial charge in [-0.15, -0.1) is 0 Å². The largest absolute Gasteiger partial charge is 0.455 e. The fourth-order valence-corrected chi connectivity index (χ4v) is 0.652. The maximum Gasteiger partial charge on any atom is 0.303 e. The summed E-state index contributed by atoms with van der Waals surface area (Å²) in [7, 11) is 0. The van der Waals surface area contributed by atoms with Crippen LogP contribution < -0.4 is 0 Å². The lowest BCUT2D eigenvalue weighted by Crippen LogP contribution is -2.16. The molecule has 0 fully saturated rings. The highest BCUT2D eigenvalue weighted by Gasteiger charge is 2.07. The van der Waals surface area contributed by atoms with E-state index in [1.807, 2.05) is 6.92 Å². The molecule has 1 unspecified atom stereocenters. The van der Waals surface area contributed by atoms with Crippen LogP contribution in [0.4, 0.5) is 0 Å². The molecule has 0 aromatic heterocycles. The van der Waals surface area contributed by atoms with Crippen molar-refractivity contribution in [2.45, 2.75) is 32.8 Å². The van der Waals surface area contributed by atoms with Crippen LogP contribution in [-0.4, -0.2) is 18.4 Å². The Morgan fingerprint density at radius 2 is 2.30 bits per heavy atom. The minimum absolute atomic E-state index is 0.398. The van der Waals surface area contributed by atoms with E-state index < -0.39 is 12.1 Å². The maximum atomic E-state index is 10.3. The summed E-state index contributed by atoms with van der Waals surface area (Å²) in [5.41, 5.74) is 0. The van der Waals surface area contributed by atoms with Gasteiger partial charge in [-0.1, -0.05) is 13.3 Å². The summed E-state index contributed by atoms with van der Waals surface area (Å²) >= 11 is 0. The van der Waals surface area contributed by atoms with E-state index in [0.717, 1.165) is 6.42 Å². The molecule has 0 amide bonds. The Morgan fingerprint density at radius 3 is 2.60 bits per heavy atom. The van der Waals surface area contributed by atoms with Crippen molar-refractivity contribution in [3.8, 4) is 0 Å². The smallest absolute Gasteiger partial charge is 0.303 e. The molecule has 0 aliphatic heterocycles. The molecule has 0 radical (unpaired) electrons. The zero-order valence-electron chi connectivity index (χ0n) is 6.29. The topological polar surface area (TPSA) is 43.4 Å². The average Bonchev–Trinajstić information content (AvgIpc) is 1.86. The van der Waals surface area contributed by atoms with E-state index in [2.05, 4.69) is 4.74 Å². The second kappa shape index (κ2) is 4.97. The molecule has 0 N–H and O–H groups in total. The molecule has 0 rings (SSSR count). The number of carbonyl (C=O) groups excluding carboxylic acids is 2. The predicted octanol–water partition coefficient (Wildman–Crippen LogP) is 0.917. The van der Waals surface area contributed by atoms with Gasteiger partial charge in [-0.3, -0.25) is 9.59 Å². The lowest BCUT2D eigenvalue weighted by atomic mass is 10.2. The number of hydrogen-bond acceptors (Lipinski definition) is 3. The van der Waals surface area contributed by atoms with Gasteiger partial charge >= 0.3 is 5.97 Å². The average molecular weight is 144 g/mol. The lowest BCUT2D eigenvalue weighted by molar-refractivity contribution is -0.149. The molecule has 0 saturated heterocycles. The highest BCUT2D eigenvalue weighted by Crippen LogP contribution is 1.98. The van der Waals surface area contributed by atoms with E-state index in [9.17, 15) is 9.59 Å². The van der Waals surface area contributed by atoms with Gasteiger partial charge in [-0.05, 0) is 6.42 Å². The first-order valence-corrected chi connectivity index (χ1v) is 3.33. The van der Waals surface area contributed by atoms with E-state index in [1.54, 1.807) is 0 Å². The van der Waals surface area contributed by atoms with Crippen LogP contribution >= 0.6 is 0 Å². The zero-order valence-corrected chi connectivity index (χ0v) is 6.29. The molecular weight excluding hydrogens is 132 g/mol. The molecule has 58 valence electrons. The van der Waals surface area contributed by atoms with Crippen molar-refractivity contribution < 1.29 is 14.3 Å². The summed E-state index contributed by atoms with van der Waals surface area (Å²) in [5.74, 6) is -0.398. The molecule has 0 aromatic rings. The van der Waals surface area contributed by atoms with Crippen LogP contribution in [0.2, 0.25) is 0 Å². The van der Waals surface area contributed by atoms with Crippen LogP contribution in [-0.2, 0) is 14.3 Å². The van der Waals surface area contributed by atoms with E-state index in [0.29, 0.717) is 12.7 Å². The SMILES string of the molecule is CCCC(C=O)OC(C)=O. The molecule has 0 heterocycles. The number of aldehydes is 1. The second-order valence-electron chi connectivity index (χ2n) is 2.07. The number of carbonyl (C=O) groups is 2. The van der Waals surface area contributed by atoms with Gasteiger partial charge in [-0.25, -0.2) is 0 Å². The van der Waals surface area contributed by atoms with Gasteiger partial charge in [0, 0.05) is 6.92 Å². The van der Waals surface area contributed by atoms with E-state index in [1.165, 1.54) is 6.92 Å². The highest BCUT2D eigenvalue weighted by atomic mass is 16.5. The van der Waals surface area contributed by atoms with Crippen LogP contribution in [0.1, 0.15) is 26.7 Å². The number of esters is 1. The fourth-order valence-electron chi connectivity index (χ4n) is 0.652. The Kier molecular flexibility index (Phi) is 4.54. The Labute approximate surface area is 60.4 Å². The summed E-state index contributed by atoms with van der Waals surface area (Å²) in [6, 6.07) is 0. The molecular formula is C7H12O3. The first-order chi connectivity index (χ1) is 4.70. The van der Waals surface area contributed by atoms with Gasteiger partial charge in [0.25, 0.3) is 0 Å². The van der Waals surface area contributed by atoms with Gasteiger partial charge in [0.15, 0.2) is 12.4 Å². The Balaban J connectivity index is 3.59. The first-order valence-electron chi connectivity index (χ1n) is 3.33. The van der Waals surface area contributed by atoms with E-state index in [-0.39, 0.29) is 0 Å². The van der Waals surface area contributed by atoms with Gasteiger partial charge in [-0.2, -0.15) is 0 Å². The van der Waals surface area contributed by atoms with E-state index >= 15 is 0 Å². The standard InChI is InChI=1S/C7H12O3/c1-3-4-7(5-8)10-6(2)9/h5,7H,3-4H2,1-2H3. The molecule has 0 aliphatic rings.